The van der Waals surface area contributed by atoms with Crippen LogP contribution in [0.1, 0.15) is 48.4 Å². The molecule has 2 unspecified atom stereocenters. The molecule has 0 aromatic heterocycles. The van der Waals surface area contributed by atoms with Crippen LogP contribution in [0.5, 0.6) is 0 Å². The van der Waals surface area contributed by atoms with Crippen molar-refractivity contribution in [2.45, 2.75) is 47.0 Å². The number of hydrogen-bond acceptors (Lipinski definition) is 2. The van der Waals surface area contributed by atoms with Gasteiger partial charge in [0, 0.05) is 11.4 Å². The van der Waals surface area contributed by atoms with E-state index in [2.05, 4.69) is 24.5 Å². The summed E-state index contributed by atoms with van der Waals surface area (Å²) in [7, 11) is 0. The van der Waals surface area contributed by atoms with Gasteiger partial charge in [-0.2, -0.15) is 0 Å². The number of carbonyl (C=O) groups is 2. The molecular weight excluding hydrogens is 336 g/mol. The SMILES string of the molecule is Cc1cccc(NC(=O)C2CC2C(=O)Nc2c(C)cccc2C(C)C)c1C. The van der Waals surface area contributed by atoms with E-state index in [1.165, 1.54) is 0 Å². The Labute approximate surface area is 161 Å². The standard InChI is InChI=1S/C23H28N2O2/c1-13(2)17-10-6-9-15(4)21(17)25-23(27)19-12-18(19)22(26)24-20-11-7-8-14(3)16(20)5/h6-11,13,18-19H,12H2,1-5H3,(H,24,26)(H,25,27). The summed E-state index contributed by atoms with van der Waals surface area (Å²) in [5, 5.41) is 6.06. The van der Waals surface area contributed by atoms with Crippen LogP contribution in [0.2, 0.25) is 0 Å². The highest BCUT2D eigenvalue weighted by Crippen LogP contribution is 2.41. The fourth-order valence-corrected chi connectivity index (χ4v) is 3.44. The van der Waals surface area contributed by atoms with E-state index >= 15 is 0 Å². The summed E-state index contributed by atoms with van der Waals surface area (Å²) in [4.78, 5) is 25.3. The summed E-state index contributed by atoms with van der Waals surface area (Å²) in [5.41, 5.74) is 6.09. The molecule has 142 valence electrons. The second kappa shape index (κ2) is 7.55. The van der Waals surface area contributed by atoms with Crippen molar-refractivity contribution in [2.75, 3.05) is 10.6 Å². The number of anilines is 2. The normalized spacial score (nSPS) is 18.3. The molecule has 2 atom stereocenters. The van der Waals surface area contributed by atoms with Gasteiger partial charge in [0.15, 0.2) is 0 Å². The van der Waals surface area contributed by atoms with Gasteiger partial charge in [-0.15, -0.1) is 0 Å². The van der Waals surface area contributed by atoms with Gasteiger partial charge in [-0.1, -0.05) is 44.2 Å². The van der Waals surface area contributed by atoms with E-state index in [9.17, 15) is 9.59 Å². The van der Waals surface area contributed by atoms with E-state index in [0.717, 1.165) is 33.6 Å². The predicted molar refractivity (Wildman–Crippen MR) is 110 cm³/mol. The third-order valence-corrected chi connectivity index (χ3v) is 5.50. The number of hydrogen-bond donors (Lipinski definition) is 2. The molecule has 2 N–H and O–H groups in total. The number of rotatable bonds is 5. The molecule has 27 heavy (non-hydrogen) atoms. The van der Waals surface area contributed by atoms with E-state index in [0.29, 0.717) is 12.3 Å². The van der Waals surface area contributed by atoms with Crippen LogP contribution in [-0.2, 0) is 9.59 Å². The van der Waals surface area contributed by atoms with Crippen LogP contribution in [-0.4, -0.2) is 11.8 Å². The van der Waals surface area contributed by atoms with Crippen LogP contribution in [0.25, 0.3) is 0 Å². The van der Waals surface area contributed by atoms with Crippen molar-refractivity contribution >= 4 is 23.2 Å². The lowest BCUT2D eigenvalue weighted by Gasteiger charge is -2.16. The first-order valence-electron chi connectivity index (χ1n) is 9.57. The molecule has 1 fully saturated rings. The molecule has 3 rings (SSSR count). The molecule has 4 heteroatoms. The van der Waals surface area contributed by atoms with Crippen molar-refractivity contribution in [3.8, 4) is 0 Å². The molecule has 2 amide bonds. The monoisotopic (exact) mass is 364 g/mol. The first kappa shape index (κ1) is 19.2. The molecule has 1 aliphatic carbocycles. The summed E-state index contributed by atoms with van der Waals surface area (Å²) in [6, 6.07) is 11.9. The second-order valence-corrected chi connectivity index (χ2v) is 7.87. The Balaban J connectivity index is 1.66. The third-order valence-electron chi connectivity index (χ3n) is 5.50. The Morgan fingerprint density at radius 3 is 2.15 bits per heavy atom. The van der Waals surface area contributed by atoms with Crippen LogP contribution in [0.3, 0.4) is 0 Å². The maximum atomic E-state index is 12.7. The topological polar surface area (TPSA) is 58.2 Å². The highest BCUT2D eigenvalue weighted by atomic mass is 16.2. The minimum Gasteiger partial charge on any atom is -0.326 e. The van der Waals surface area contributed by atoms with Crippen molar-refractivity contribution in [3.63, 3.8) is 0 Å². The molecule has 0 aliphatic heterocycles. The number of benzene rings is 2. The van der Waals surface area contributed by atoms with Crippen molar-refractivity contribution in [3.05, 3.63) is 58.7 Å². The molecule has 0 bridgehead atoms. The minimum absolute atomic E-state index is 0.0627. The van der Waals surface area contributed by atoms with Gasteiger partial charge >= 0.3 is 0 Å². The van der Waals surface area contributed by atoms with E-state index in [4.69, 9.17) is 0 Å². The third kappa shape index (κ3) is 4.05. The van der Waals surface area contributed by atoms with Crippen LogP contribution in [0.4, 0.5) is 11.4 Å². The molecule has 1 saturated carbocycles. The van der Waals surface area contributed by atoms with Gasteiger partial charge in [0.2, 0.25) is 11.8 Å². The van der Waals surface area contributed by atoms with Crippen LogP contribution in [0.15, 0.2) is 36.4 Å². The van der Waals surface area contributed by atoms with Gasteiger partial charge in [-0.05, 0) is 61.4 Å². The zero-order valence-corrected chi connectivity index (χ0v) is 16.7. The molecule has 0 spiro atoms. The number of para-hydroxylation sites is 1. The van der Waals surface area contributed by atoms with Gasteiger partial charge in [0.05, 0.1) is 11.8 Å². The molecule has 0 saturated heterocycles. The zero-order valence-electron chi connectivity index (χ0n) is 16.7. The molecular formula is C23H28N2O2. The smallest absolute Gasteiger partial charge is 0.228 e. The van der Waals surface area contributed by atoms with Gasteiger partial charge < -0.3 is 10.6 Å². The number of aryl methyl sites for hydroxylation is 2. The highest BCUT2D eigenvalue weighted by Gasteiger charge is 2.48. The number of nitrogens with one attached hydrogen (secondary N) is 2. The Bertz CT molecular complexity index is 886. The van der Waals surface area contributed by atoms with Gasteiger partial charge in [0.25, 0.3) is 0 Å². The highest BCUT2D eigenvalue weighted by molar-refractivity contribution is 6.04. The molecule has 0 heterocycles. The lowest BCUT2D eigenvalue weighted by Crippen LogP contribution is -2.22. The van der Waals surface area contributed by atoms with Gasteiger partial charge in [0.1, 0.15) is 0 Å². The quantitative estimate of drug-likeness (QED) is 0.789. The number of carbonyl (C=O) groups excluding carboxylic acids is 2. The Hall–Kier alpha value is -2.62. The summed E-state index contributed by atoms with van der Waals surface area (Å²) < 4.78 is 0. The largest absolute Gasteiger partial charge is 0.326 e. The zero-order chi connectivity index (χ0) is 19.7. The molecule has 0 radical (unpaired) electrons. The average Bonchev–Trinajstić information content (AvgIpc) is 3.41. The van der Waals surface area contributed by atoms with Crippen molar-refractivity contribution in [1.82, 2.24) is 0 Å². The Kier molecular flexibility index (Phi) is 5.36. The van der Waals surface area contributed by atoms with Gasteiger partial charge in [-0.25, -0.2) is 0 Å². The molecule has 2 aromatic carbocycles. The van der Waals surface area contributed by atoms with E-state index in [1.54, 1.807) is 0 Å². The van der Waals surface area contributed by atoms with Gasteiger partial charge in [-0.3, -0.25) is 9.59 Å². The fraction of sp³-hybridized carbons (Fsp3) is 0.391. The summed E-state index contributed by atoms with van der Waals surface area (Å²) >= 11 is 0. The van der Waals surface area contributed by atoms with Crippen molar-refractivity contribution in [1.29, 1.82) is 0 Å². The maximum absolute atomic E-state index is 12.7. The Morgan fingerprint density at radius 1 is 0.889 bits per heavy atom. The lowest BCUT2D eigenvalue weighted by molar-refractivity contribution is -0.122. The van der Waals surface area contributed by atoms with E-state index < -0.39 is 0 Å². The molecule has 2 aromatic rings. The fourth-order valence-electron chi connectivity index (χ4n) is 3.44. The average molecular weight is 364 g/mol. The number of amides is 2. The Morgan fingerprint density at radius 2 is 1.48 bits per heavy atom. The van der Waals surface area contributed by atoms with Crippen LogP contribution < -0.4 is 10.6 Å². The predicted octanol–water partition coefficient (Wildman–Crippen LogP) is 4.95. The van der Waals surface area contributed by atoms with Crippen LogP contribution >= 0.6 is 0 Å². The first-order valence-corrected chi connectivity index (χ1v) is 9.57. The summed E-state index contributed by atoms with van der Waals surface area (Å²) in [6.45, 7) is 10.2. The minimum atomic E-state index is -0.255. The summed E-state index contributed by atoms with van der Waals surface area (Å²) in [5.74, 6) is -0.320. The molecule has 4 nitrogen and oxygen atoms in total. The first-order chi connectivity index (χ1) is 12.8. The second-order valence-electron chi connectivity index (χ2n) is 7.87. The van der Waals surface area contributed by atoms with Crippen LogP contribution in [0, 0.1) is 32.6 Å². The van der Waals surface area contributed by atoms with E-state index in [-0.39, 0.29) is 23.7 Å². The maximum Gasteiger partial charge on any atom is 0.228 e. The van der Waals surface area contributed by atoms with Crippen molar-refractivity contribution in [2.24, 2.45) is 11.8 Å². The molecule has 1 aliphatic rings. The summed E-state index contributed by atoms with van der Waals surface area (Å²) in [6.07, 6.45) is 0.603. The van der Waals surface area contributed by atoms with E-state index in [1.807, 2.05) is 57.2 Å². The van der Waals surface area contributed by atoms with Crippen molar-refractivity contribution < 1.29 is 9.59 Å². The lowest BCUT2D eigenvalue weighted by atomic mass is 9.98.